The van der Waals surface area contributed by atoms with Crippen LogP contribution >= 0.6 is 0 Å². The monoisotopic (exact) mass is 347 g/mol. The van der Waals surface area contributed by atoms with Crippen LogP contribution in [-0.2, 0) is 11.3 Å². The number of hydrogen-bond donors (Lipinski definition) is 0. The molecule has 1 saturated heterocycles. The zero-order chi connectivity index (χ0) is 18.4. The minimum absolute atomic E-state index is 0.0523. The fourth-order valence-corrected chi connectivity index (χ4v) is 3.08. The van der Waals surface area contributed by atoms with Crippen molar-refractivity contribution in [1.29, 1.82) is 0 Å². The van der Waals surface area contributed by atoms with Gasteiger partial charge in [0.2, 0.25) is 5.91 Å². The van der Waals surface area contributed by atoms with Crippen LogP contribution in [0.3, 0.4) is 0 Å². The van der Waals surface area contributed by atoms with Gasteiger partial charge in [-0.2, -0.15) is 0 Å². The molecular formula is C20H33N3O2. The average Bonchev–Trinajstić information content (AvgIpc) is 2.55. The van der Waals surface area contributed by atoms with Crippen LogP contribution in [0.15, 0.2) is 24.3 Å². The molecule has 2 rings (SSSR count). The van der Waals surface area contributed by atoms with Gasteiger partial charge in [-0.25, -0.2) is 0 Å². The molecule has 0 spiro atoms. The Hall–Kier alpha value is -1.59. The van der Waals surface area contributed by atoms with E-state index in [0.29, 0.717) is 12.5 Å². The molecule has 5 nitrogen and oxygen atoms in total. The Morgan fingerprint density at radius 2 is 1.88 bits per heavy atom. The molecular weight excluding hydrogens is 314 g/mol. The topological polar surface area (TPSA) is 36.0 Å². The molecule has 1 amide bonds. The van der Waals surface area contributed by atoms with E-state index in [1.54, 1.807) is 0 Å². The van der Waals surface area contributed by atoms with Crippen molar-refractivity contribution in [2.45, 2.75) is 33.4 Å². The van der Waals surface area contributed by atoms with Crippen LogP contribution < -0.4 is 4.74 Å². The highest BCUT2D eigenvalue weighted by Crippen LogP contribution is 2.18. The lowest BCUT2D eigenvalue weighted by atomic mass is 10.1. The van der Waals surface area contributed by atoms with Crippen molar-refractivity contribution >= 4 is 5.91 Å². The fourth-order valence-electron chi connectivity index (χ4n) is 3.08. The summed E-state index contributed by atoms with van der Waals surface area (Å²) in [5.41, 5.74) is 1.22. The molecule has 25 heavy (non-hydrogen) atoms. The first-order chi connectivity index (χ1) is 11.9. The van der Waals surface area contributed by atoms with Crippen LogP contribution in [0.1, 0.15) is 26.3 Å². The average molecular weight is 348 g/mol. The van der Waals surface area contributed by atoms with Crippen LogP contribution in [0, 0.1) is 5.92 Å². The number of amides is 1. The maximum absolute atomic E-state index is 12.5. The van der Waals surface area contributed by atoms with Crippen molar-refractivity contribution in [3.8, 4) is 5.75 Å². The third-order valence-electron chi connectivity index (χ3n) is 4.58. The van der Waals surface area contributed by atoms with Gasteiger partial charge in [-0.1, -0.05) is 26.0 Å². The van der Waals surface area contributed by atoms with Gasteiger partial charge in [0.1, 0.15) is 12.4 Å². The molecule has 1 heterocycles. The molecule has 1 aliphatic heterocycles. The molecule has 0 N–H and O–H groups in total. The largest absolute Gasteiger partial charge is 0.492 e. The van der Waals surface area contributed by atoms with Gasteiger partial charge >= 0.3 is 0 Å². The minimum Gasteiger partial charge on any atom is -0.492 e. The number of carbonyl (C=O) groups excluding carboxylic acids is 1. The van der Waals surface area contributed by atoms with Crippen molar-refractivity contribution in [3.05, 3.63) is 29.8 Å². The summed E-state index contributed by atoms with van der Waals surface area (Å²) in [6.45, 7) is 11.4. The van der Waals surface area contributed by atoms with Crippen molar-refractivity contribution in [3.63, 3.8) is 0 Å². The molecule has 0 aromatic heterocycles. The number of benzene rings is 1. The van der Waals surface area contributed by atoms with Gasteiger partial charge in [-0.15, -0.1) is 0 Å². The Balaban J connectivity index is 1.86. The van der Waals surface area contributed by atoms with E-state index in [0.717, 1.165) is 38.5 Å². The van der Waals surface area contributed by atoms with E-state index >= 15 is 0 Å². The molecule has 1 aromatic carbocycles. The third-order valence-corrected chi connectivity index (χ3v) is 4.58. The highest BCUT2D eigenvalue weighted by atomic mass is 16.5. The lowest BCUT2D eigenvalue weighted by Crippen LogP contribution is -2.56. The smallest absolute Gasteiger partial charge is 0.239 e. The van der Waals surface area contributed by atoms with E-state index in [1.807, 2.05) is 38.1 Å². The molecule has 140 valence electrons. The van der Waals surface area contributed by atoms with Crippen molar-refractivity contribution in [1.82, 2.24) is 14.7 Å². The van der Waals surface area contributed by atoms with Crippen molar-refractivity contribution < 1.29 is 9.53 Å². The fraction of sp³-hybridized carbons (Fsp3) is 0.650. The number of hydrogen-bond acceptors (Lipinski definition) is 4. The Morgan fingerprint density at radius 1 is 1.20 bits per heavy atom. The summed E-state index contributed by atoms with van der Waals surface area (Å²) >= 11 is 0. The quantitative estimate of drug-likeness (QED) is 0.723. The van der Waals surface area contributed by atoms with Gasteiger partial charge in [0.25, 0.3) is 0 Å². The van der Waals surface area contributed by atoms with E-state index in [2.05, 4.69) is 35.8 Å². The summed E-state index contributed by atoms with van der Waals surface area (Å²) in [6.07, 6.45) is 0. The first kappa shape index (κ1) is 19.7. The molecule has 0 bridgehead atoms. The highest BCUT2D eigenvalue weighted by Gasteiger charge is 2.31. The van der Waals surface area contributed by atoms with E-state index in [1.165, 1.54) is 5.56 Å². The number of piperazine rings is 1. The second kappa shape index (κ2) is 9.20. The normalized spacial score (nSPS) is 19.1. The third kappa shape index (κ3) is 6.01. The Kier molecular flexibility index (Phi) is 7.26. The van der Waals surface area contributed by atoms with Crippen molar-refractivity contribution in [2.75, 3.05) is 46.9 Å². The van der Waals surface area contributed by atoms with Crippen molar-refractivity contribution in [2.24, 2.45) is 5.92 Å². The van der Waals surface area contributed by atoms with Gasteiger partial charge in [0, 0.05) is 32.7 Å². The molecule has 1 fully saturated rings. The minimum atomic E-state index is -0.0523. The van der Waals surface area contributed by atoms with Gasteiger partial charge in [0.15, 0.2) is 0 Å². The van der Waals surface area contributed by atoms with Gasteiger partial charge < -0.3 is 14.5 Å². The Morgan fingerprint density at radius 3 is 2.48 bits per heavy atom. The van der Waals surface area contributed by atoms with Crippen LogP contribution in [0.25, 0.3) is 0 Å². The predicted molar refractivity (Wildman–Crippen MR) is 102 cm³/mol. The summed E-state index contributed by atoms with van der Waals surface area (Å²) in [5.74, 6) is 1.67. The summed E-state index contributed by atoms with van der Waals surface area (Å²) in [6, 6.07) is 8.19. The maximum atomic E-state index is 12.5. The second-order valence-electron chi connectivity index (χ2n) is 7.62. The predicted octanol–water partition coefficient (Wildman–Crippen LogP) is 2.32. The molecule has 1 unspecified atom stereocenters. The van der Waals surface area contributed by atoms with Crippen LogP contribution in [0.4, 0.5) is 0 Å². The van der Waals surface area contributed by atoms with Gasteiger partial charge in [0.05, 0.1) is 6.04 Å². The van der Waals surface area contributed by atoms with E-state index in [9.17, 15) is 4.79 Å². The lowest BCUT2D eigenvalue weighted by molar-refractivity contribution is -0.141. The number of ether oxygens (including phenoxy) is 1. The van der Waals surface area contributed by atoms with Crippen LogP contribution in [0.5, 0.6) is 5.75 Å². The van der Waals surface area contributed by atoms with Crippen LogP contribution in [0.2, 0.25) is 0 Å². The van der Waals surface area contributed by atoms with Crippen LogP contribution in [-0.4, -0.2) is 73.5 Å². The number of nitrogens with zero attached hydrogens (tertiary/aromatic N) is 3. The molecule has 5 heteroatoms. The molecule has 1 aliphatic rings. The van der Waals surface area contributed by atoms with Gasteiger partial charge in [-0.3, -0.25) is 9.69 Å². The molecule has 0 aliphatic carbocycles. The van der Waals surface area contributed by atoms with E-state index in [4.69, 9.17) is 4.74 Å². The Labute approximate surface area is 152 Å². The first-order valence-corrected chi connectivity index (χ1v) is 9.26. The summed E-state index contributed by atoms with van der Waals surface area (Å²) < 4.78 is 5.73. The first-order valence-electron chi connectivity index (χ1n) is 9.26. The Bertz CT molecular complexity index is 542. The number of likely N-dealkylation sites (N-methyl/N-ethyl adjacent to an activating group) is 1. The summed E-state index contributed by atoms with van der Waals surface area (Å²) in [5, 5.41) is 0. The summed E-state index contributed by atoms with van der Waals surface area (Å²) in [4.78, 5) is 18.9. The molecule has 1 atom stereocenters. The standard InChI is InChI=1S/C20H33N3O2/c1-16(2)14-23-11-10-22(17(3)20(23)24)15-18-6-8-19(9-7-18)25-13-12-21(4)5/h6-9,16-17H,10-15H2,1-5H3. The molecule has 0 radical (unpaired) electrons. The highest BCUT2D eigenvalue weighted by molar-refractivity contribution is 5.82. The molecule has 0 saturated carbocycles. The maximum Gasteiger partial charge on any atom is 0.239 e. The summed E-state index contributed by atoms with van der Waals surface area (Å²) in [7, 11) is 4.08. The number of rotatable bonds is 8. The zero-order valence-electron chi connectivity index (χ0n) is 16.4. The second-order valence-corrected chi connectivity index (χ2v) is 7.62. The van der Waals surface area contributed by atoms with E-state index in [-0.39, 0.29) is 11.9 Å². The lowest BCUT2D eigenvalue weighted by Gasteiger charge is -2.39. The SMILES string of the molecule is CC(C)CN1CCN(Cc2ccc(OCCN(C)C)cc2)C(C)C1=O. The van der Waals surface area contributed by atoms with Gasteiger partial charge in [-0.05, 0) is 44.6 Å². The van der Waals surface area contributed by atoms with E-state index < -0.39 is 0 Å². The zero-order valence-corrected chi connectivity index (χ0v) is 16.4. The molecule has 1 aromatic rings. The number of carbonyl (C=O) groups is 1.